The average Bonchev–Trinajstić information content (AvgIpc) is 2.78. The van der Waals surface area contributed by atoms with E-state index in [-0.39, 0.29) is 35.7 Å². The maximum absolute atomic E-state index is 12.9. The standard InChI is InChI=1S/C26H29NO4/c1-17(31-26(30)22-15-20-13-8-14-21(16-22)24(20)28)25(29)27-23(18-9-4-2-5-10-18)19-11-6-3-7-12-19/h2-7,9-12,17,20-23H,8,13-16H2,1H3,(H,27,29). The lowest BCUT2D eigenvalue weighted by atomic mass is 9.67. The highest BCUT2D eigenvalue weighted by Gasteiger charge is 2.42. The Kier molecular flexibility index (Phi) is 6.50. The lowest BCUT2D eigenvalue weighted by molar-refractivity contribution is -0.162. The molecule has 162 valence electrons. The van der Waals surface area contributed by atoms with Gasteiger partial charge in [-0.25, -0.2) is 0 Å². The van der Waals surface area contributed by atoms with Crippen molar-refractivity contribution in [1.29, 1.82) is 0 Å². The van der Waals surface area contributed by atoms with Gasteiger partial charge in [0.25, 0.3) is 5.91 Å². The number of nitrogens with one attached hydrogen (secondary N) is 1. The van der Waals surface area contributed by atoms with Crippen LogP contribution in [0.5, 0.6) is 0 Å². The summed E-state index contributed by atoms with van der Waals surface area (Å²) in [6.07, 6.45) is 3.00. The summed E-state index contributed by atoms with van der Waals surface area (Å²) in [5.41, 5.74) is 1.92. The van der Waals surface area contributed by atoms with Gasteiger partial charge in [-0.05, 0) is 43.7 Å². The topological polar surface area (TPSA) is 72.5 Å². The molecule has 2 aliphatic rings. The van der Waals surface area contributed by atoms with Gasteiger partial charge in [-0.2, -0.15) is 0 Å². The first kappa shape index (κ1) is 21.3. The van der Waals surface area contributed by atoms with Crippen molar-refractivity contribution in [3.63, 3.8) is 0 Å². The fraction of sp³-hybridized carbons (Fsp3) is 0.423. The van der Waals surface area contributed by atoms with Crippen LogP contribution in [-0.4, -0.2) is 23.8 Å². The van der Waals surface area contributed by atoms with E-state index < -0.39 is 6.10 Å². The maximum Gasteiger partial charge on any atom is 0.309 e. The second-order valence-electron chi connectivity index (χ2n) is 8.74. The van der Waals surface area contributed by atoms with E-state index in [1.54, 1.807) is 6.92 Å². The van der Waals surface area contributed by atoms with Crippen LogP contribution < -0.4 is 5.32 Å². The molecule has 4 rings (SSSR count). The quantitative estimate of drug-likeness (QED) is 0.712. The summed E-state index contributed by atoms with van der Waals surface area (Å²) in [4.78, 5) is 38.0. The third-order valence-electron chi connectivity index (χ3n) is 6.60. The smallest absolute Gasteiger partial charge is 0.309 e. The Morgan fingerprint density at radius 2 is 1.42 bits per heavy atom. The van der Waals surface area contributed by atoms with Crippen molar-refractivity contribution in [1.82, 2.24) is 5.32 Å². The van der Waals surface area contributed by atoms with Gasteiger partial charge in [-0.1, -0.05) is 67.1 Å². The maximum atomic E-state index is 12.9. The first-order valence-electron chi connectivity index (χ1n) is 11.2. The van der Waals surface area contributed by atoms with Crippen LogP contribution in [0.3, 0.4) is 0 Å². The van der Waals surface area contributed by atoms with Crippen LogP contribution in [-0.2, 0) is 19.1 Å². The number of esters is 1. The second-order valence-corrected chi connectivity index (χ2v) is 8.74. The van der Waals surface area contributed by atoms with E-state index in [0.29, 0.717) is 18.6 Å². The minimum Gasteiger partial charge on any atom is -0.452 e. The number of carbonyl (C=O) groups excluding carboxylic acids is 3. The number of fused-ring (bicyclic) bond motifs is 2. The number of ether oxygens (including phenoxy) is 1. The highest BCUT2D eigenvalue weighted by Crippen LogP contribution is 2.40. The van der Waals surface area contributed by atoms with Crippen molar-refractivity contribution in [2.75, 3.05) is 0 Å². The molecule has 3 atom stereocenters. The minimum atomic E-state index is -0.903. The molecule has 0 saturated heterocycles. The predicted molar refractivity (Wildman–Crippen MR) is 117 cm³/mol. The molecule has 2 saturated carbocycles. The van der Waals surface area contributed by atoms with Gasteiger partial charge in [0.15, 0.2) is 6.10 Å². The van der Waals surface area contributed by atoms with Gasteiger partial charge in [0, 0.05) is 11.8 Å². The molecule has 1 N–H and O–H groups in total. The van der Waals surface area contributed by atoms with E-state index in [2.05, 4.69) is 5.32 Å². The van der Waals surface area contributed by atoms with Gasteiger partial charge >= 0.3 is 5.97 Å². The number of benzene rings is 2. The first-order valence-corrected chi connectivity index (χ1v) is 11.2. The summed E-state index contributed by atoms with van der Waals surface area (Å²) in [6, 6.07) is 19.1. The van der Waals surface area contributed by atoms with Gasteiger partial charge in [0.2, 0.25) is 0 Å². The van der Waals surface area contributed by atoms with Crippen LogP contribution in [0.15, 0.2) is 60.7 Å². The molecule has 0 aromatic heterocycles. The van der Waals surface area contributed by atoms with E-state index in [1.807, 2.05) is 60.7 Å². The number of Topliss-reactive ketones (excluding diaryl/α,β-unsaturated/α-hetero) is 1. The summed E-state index contributed by atoms with van der Waals surface area (Å²) >= 11 is 0. The number of ketones is 1. The van der Waals surface area contributed by atoms with Crippen molar-refractivity contribution in [2.45, 2.75) is 51.2 Å². The number of hydrogen-bond acceptors (Lipinski definition) is 4. The molecule has 2 bridgehead atoms. The second kappa shape index (κ2) is 9.46. The van der Waals surface area contributed by atoms with Gasteiger partial charge in [0.1, 0.15) is 5.78 Å². The van der Waals surface area contributed by atoms with Crippen molar-refractivity contribution < 1.29 is 19.1 Å². The molecule has 1 amide bonds. The van der Waals surface area contributed by atoms with E-state index in [0.717, 1.165) is 30.4 Å². The Bertz CT molecular complexity index is 871. The van der Waals surface area contributed by atoms with Gasteiger partial charge in [-0.15, -0.1) is 0 Å². The Hall–Kier alpha value is -2.95. The van der Waals surface area contributed by atoms with Gasteiger partial charge in [0.05, 0.1) is 12.0 Å². The SMILES string of the molecule is CC(OC(=O)C1CC2CCCC(C1)C2=O)C(=O)NC(c1ccccc1)c1ccccc1. The Morgan fingerprint density at radius 1 is 0.903 bits per heavy atom. The van der Waals surface area contributed by atoms with Gasteiger partial charge < -0.3 is 10.1 Å². The number of amides is 1. The summed E-state index contributed by atoms with van der Waals surface area (Å²) in [6.45, 7) is 1.61. The summed E-state index contributed by atoms with van der Waals surface area (Å²) < 4.78 is 5.56. The highest BCUT2D eigenvalue weighted by atomic mass is 16.5. The molecule has 2 fully saturated rings. The fourth-order valence-electron chi connectivity index (χ4n) is 4.91. The Balaban J connectivity index is 1.41. The third kappa shape index (κ3) is 4.87. The number of carbonyl (C=O) groups is 3. The Morgan fingerprint density at radius 3 is 1.94 bits per heavy atom. The van der Waals surface area contributed by atoms with Crippen molar-refractivity contribution in [3.05, 3.63) is 71.8 Å². The lowest BCUT2D eigenvalue weighted by Crippen LogP contribution is -2.42. The molecule has 2 aliphatic carbocycles. The van der Waals surface area contributed by atoms with E-state index >= 15 is 0 Å². The molecule has 5 heteroatoms. The molecule has 31 heavy (non-hydrogen) atoms. The fourth-order valence-corrected chi connectivity index (χ4v) is 4.91. The van der Waals surface area contributed by atoms with Crippen LogP contribution in [0.25, 0.3) is 0 Å². The van der Waals surface area contributed by atoms with Crippen LogP contribution in [0, 0.1) is 17.8 Å². The molecular weight excluding hydrogens is 390 g/mol. The third-order valence-corrected chi connectivity index (χ3v) is 6.60. The van der Waals surface area contributed by atoms with Gasteiger partial charge in [-0.3, -0.25) is 14.4 Å². The molecular formula is C26H29NO4. The number of hydrogen-bond donors (Lipinski definition) is 1. The largest absolute Gasteiger partial charge is 0.452 e. The van der Waals surface area contributed by atoms with Crippen molar-refractivity contribution in [2.24, 2.45) is 17.8 Å². The first-order chi connectivity index (χ1) is 15.0. The lowest BCUT2D eigenvalue weighted by Gasteiger charge is -2.36. The van der Waals surface area contributed by atoms with E-state index in [4.69, 9.17) is 4.74 Å². The van der Waals surface area contributed by atoms with E-state index in [1.165, 1.54) is 0 Å². The summed E-state index contributed by atoms with van der Waals surface area (Å²) in [7, 11) is 0. The molecule has 0 aliphatic heterocycles. The summed E-state index contributed by atoms with van der Waals surface area (Å²) in [5, 5.41) is 3.03. The minimum absolute atomic E-state index is 0.0188. The Labute approximate surface area is 183 Å². The van der Waals surface area contributed by atoms with Crippen molar-refractivity contribution in [3.8, 4) is 0 Å². The zero-order chi connectivity index (χ0) is 21.8. The van der Waals surface area contributed by atoms with Crippen LogP contribution in [0.2, 0.25) is 0 Å². The molecule has 3 unspecified atom stereocenters. The normalized spacial score (nSPS) is 23.8. The van der Waals surface area contributed by atoms with E-state index in [9.17, 15) is 14.4 Å². The summed E-state index contributed by atoms with van der Waals surface area (Å²) in [5.74, 6) is -0.706. The van der Waals surface area contributed by atoms with Crippen LogP contribution >= 0.6 is 0 Å². The zero-order valence-electron chi connectivity index (χ0n) is 17.8. The predicted octanol–water partition coefficient (Wildman–Crippen LogP) is 4.22. The zero-order valence-corrected chi connectivity index (χ0v) is 17.8. The molecule has 5 nitrogen and oxygen atoms in total. The number of rotatable bonds is 6. The molecule has 0 spiro atoms. The average molecular weight is 420 g/mol. The van der Waals surface area contributed by atoms with Crippen LogP contribution in [0.4, 0.5) is 0 Å². The van der Waals surface area contributed by atoms with Crippen molar-refractivity contribution >= 4 is 17.7 Å². The monoisotopic (exact) mass is 419 g/mol. The molecule has 0 heterocycles. The molecule has 0 radical (unpaired) electrons. The highest BCUT2D eigenvalue weighted by molar-refractivity contribution is 5.88. The molecule has 2 aromatic rings. The van der Waals surface area contributed by atoms with Crippen LogP contribution in [0.1, 0.15) is 56.2 Å². The molecule has 2 aromatic carbocycles.